The maximum absolute atomic E-state index is 6.16. The average molecular weight is 255 g/mol. The van der Waals surface area contributed by atoms with Gasteiger partial charge in [0.2, 0.25) is 0 Å². The largest absolute Gasteiger partial charge is 0.330 e. The molecule has 0 aliphatic carbocycles. The van der Waals surface area contributed by atoms with Crippen molar-refractivity contribution in [3.8, 4) is 5.69 Å². The molecule has 0 bridgehead atoms. The first-order chi connectivity index (χ1) is 7.72. The Morgan fingerprint density at radius 1 is 1.19 bits per heavy atom. The minimum atomic E-state index is 0.620. The maximum Gasteiger partial charge on any atom is 0.0661 e. The summed E-state index contributed by atoms with van der Waals surface area (Å²) in [4.78, 5) is 0. The van der Waals surface area contributed by atoms with Crippen LogP contribution in [0.2, 0.25) is 10.0 Å². The Kier molecular flexibility index (Phi) is 3.54. The molecule has 84 valence electrons. The van der Waals surface area contributed by atoms with Crippen LogP contribution < -0.4 is 5.73 Å². The Morgan fingerprint density at radius 3 is 2.69 bits per heavy atom. The van der Waals surface area contributed by atoms with Crippen LogP contribution in [-0.2, 0) is 6.42 Å². The molecule has 2 aromatic rings. The predicted octanol–water partition coefficient (Wildman–Crippen LogP) is 3.29. The van der Waals surface area contributed by atoms with Crippen LogP contribution >= 0.6 is 23.2 Å². The summed E-state index contributed by atoms with van der Waals surface area (Å²) in [6, 6.07) is 9.50. The van der Waals surface area contributed by atoms with Crippen LogP contribution in [0.15, 0.2) is 36.5 Å². The normalized spacial score (nSPS) is 10.7. The summed E-state index contributed by atoms with van der Waals surface area (Å²) < 4.78 is 2.03. The number of rotatable bonds is 3. The van der Waals surface area contributed by atoms with Gasteiger partial charge in [-0.3, -0.25) is 0 Å². The molecule has 2 N–H and O–H groups in total. The molecule has 0 unspecified atom stereocenters. The Hall–Kier alpha value is -0.960. The Labute approximate surface area is 105 Å². The molecule has 1 heterocycles. The third kappa shape index (κ3) is 2.24. The average Bonchev–Trinajstić information content (AvgIpc) is 2.67. The lowest BCUT2D eigenvalue weighted by molar-refractivity contribution is 0.874. The number of halogens is 2. The van der Waals surface area contributed by atoms with Gasteiger partial charge in [0.1, 0.15) is 0 Å². The van der Waals surface area contributed by atoms with Gasteiger partial charge in [0, 0.05) is 23.3 Å². The van der Waals surface area contributed by atoms with E-state index < -0.39 is 0 Å². The zero-order valence-corrected chi connectivity index (χ0v) is 10.2. The fourth-order valence-corrected chi connectivity index (χ4v) is 2.18. The van der Waals surface area contributed by atoms with Gasteiger partial charge in [0.05, 0.1) is 10.7 Å². The van der Waals surface area contributed by atoms with Crippen molar-refractivity contribution >= 4 is 23.2 Å². The zero-order valence-electron chi connectivity index (χ0n) is 8.66. The van der Waals surface area contributed by atoms with Crippen LogP contribution in [0.3, 0.4) is 0 Å². The maximum atomic E-state index is 6.16. The number of hydrogen-bond acceptors (Lipinski definition) is 1. The summed E-state index contributed by atoms with van der Waals surface area (Å²) in [5.41, 5.74) is 7.64. The van der Waals surface area contributed by atoms with Crippen molar-refractivity contribution in [2.24, 2.45) is 5.73 Å². The standard InChI is InChI=1S/C12H12Cl2N2/c13-9-3-4-12(11(14)8-9)16-7-1-2-10(16)5-6-15/h1-4,7-8H,5-6,15H2. The molecule has 2 nitrogen and oxygen atoms in total. The van der Waals surface area contributed by atoms with Gasteiger partial charge in [0.15, 0.2) is 0 Å². The third-order valence-corrected chi connectivity index (χ3v) is 2.94. The number of aromatic nitrogens is 1. The van der Waals surface area contributed by atoms with Crippen LogP contribution in [0, 0.1) is 0 Å². The molecule has 0 amide bonds. The Balaban J connectivity index is 2.46. The van der Waals surface area contributed by atoms with Crippen molar-refractivity contribution in [2.45, 2.75) is 6.42 Å². The lowest BCUT2D eigenvalue weighted by Crippen LogP contribution is -2.07. The quantitative estimate of drug-likeness (QED) is 0.896. The first kappa shape index (κ1) is 11.5. The molecule has 2 rings (SSSR count). The fourth-order valence-electron chi connectivity index (χ4n) is 1.68. The van der Waals surface area contributed by atoms with E-state index in [4.69, 9.17) is 28.9 Å². The van der Waals surface area contributed by atoms with E-state index in [2.05, 4.69) is 0 Å². The fraction of sp³-hybridized carbons (Fsp3) is 0.167. The molecule has 4 heteroatoms. The zero-order chi connectivity index (χ0) is 11.5. The second-order valence-electron chi connectivity index (χ2n) is 3.50. The summed E-state index contributed by atoms with van der Waals surface area (Å²) in [5.74, 6) is 0. The van der Waals surface area contributed by atoms with Crippen LogP contribution in [0.1, 0.15) is 5.69 Å². The van der Waals surface area contributed by atoms with Gasteiger partial charge in [-0.15, -0.1) is 0 Å². The lowest BCUT2D eigenvalue weighted by atomic mass is 10.2. The number of benzene rings is 1. The van der Waals surface area contributed by atoms with E-state index in [0.717, 1.165) is 17.8 Å². The summed E-state index contributed by atoms with van der Waals surface area (Å²) in [7, 11) is 0. The van der Waals surface area contributed by atoms with Crippen molar-refractivity contribution in [2.75, 3.05) is 6.54 Å². The van der Waals surface area contributed by atoms with Crippen LogP contribution in [0.4, 0.5) is 0 Å². The second-order valence-corrected chi connectivity index (χ2v) is 4.35. The van der Waals surface area contributed by atoms with Crippen LogP contribution in [0.5, 0.6) is 0 Å². The van der Waals surface area contributed by atoms with E-state index >= 15 is 0 Å². The molecule has 0 aliphatic heterocycles. The van der Waals surface area contributed by atoms with E-state index in [1.807, 2.05) is 35.0 Å². The highest BCUT2D eigenvalue weighted by Gasteiger charge is 2.06. The highest BCUT2D eigenvalue weighted by atomic mass is 35.5. The molecular formula is C12H12Cl2N2. The predicted molar refractivity (Wildman–Crippen MR) is 68.5 cm³/mol. The monoisotopic (exact) mass is 254 g/mol. The molecule has 0 fully saturated rings. The van der Waals surface area contributed by atoms with Crippen LogP contribution in [0.25, 0.3) is 5.69 Å². The van der Waals surface area contributed by atoms with Gasteiger partial charge in [-0.05, 0) is 36.9 Å². The van der Waals surface area contributed by atoms with Gasteiger partial charge in [-0.1, -0.05) is 23.2 Å². The number of hydrogen-bond donors (Lipinski definition) is 1. The van der Waals surface area contributed by atoms with E-state index in [1.54, 1.807) is 6.07 Å². The van der Waals surface area contributed by atoms with Gasteiger partial charge in [0.25, 0.3) is 0 Å². The molecule has 0 atom stereocenters. The summed E-state index contributed by atoms with van der Waals surface area (Å²) in [6.45, 7) is 0.620. The van der Waals surface area contributed by atoms with Gasteiger partial charge in [-0.2, -0.15) is 0 Å². The van der Waals surface area contributed by atoms with Crippen molar-refractivity contribution < 1.29 is 0 Å². The van der Waals surface area contributed by atoms with E-state index in [1.165, 1.54) is 0 Å². The van der Waals surface area contributed by atoms with Gasteiger partial charge >= 0.3 is 0 Å². The molecule has 0 aliphatic rings. The molecular weight excluding hydrogens is 243 g/mol. The number of nitrogens with zero attached hydrogens (tertiary/aromatic N) is 1. The molecule has 0 saturated carbocycles. The minimum Gasteiger partial charge on any atom is -0.330 e. The highest BCUT2D eigenvalue weighted by Crippen LogP contribution is 2.25. The molecule has 1 aromatic carbocycles. The van der Waals surface area contributed by atoms with Gasteiger partial charge in [-0.25, -0.2) is 0 Å². The van der Waals surface area contributed by atoms with Crippen molar-refractivity contribution in [3.05, 3.63) is 52.3 Å². The van der Waals surface area contributed by atoms with E-state index in [0.29, 0.717) is 16.6 Å². The summed E-state index contributed by atoms with van der Waals surface area (Å²) in [5, 5.41) is 1.28. The second kappa shape index (κ2) is 4.91. The minimum absolute atomic E-state index is 0.620. The number of nitrogens with two attached hydrogens (primary N) is 1. The molecule has 16 heavy (non-hydrogen) atoms. The molecule has 0 saturated heterocycles. The van der Waals surface area contributed by atoms with Crippen molar-refractivity contribution in [1.82, 2.24) is 4.57 Å². The van der Waals surface area contributed by atoms with Gasteiger partial charge < -0.3 is 10.3 Å². The van der Waals surface area contributed by atoms with E-state index in [-0.39, 0.29) is 0 Å². The first-order valence-electron chi connectivity index (χ1n) is 5.04. The molecule has 1 aromatic heterocycles. The van der Waals surface area contributed by atoms with Crippen LogP contribution in [-0.4, -0.2) is 11.1 Å². The molecule has 0 radical (unpaired) electrons. The lowest BCUT2D eigenvalue weighted by Gasteiger charge is -2.10. The molecule has 0 spiro atoms. The topological polar surface area (TPSA) is 30.9 Å². The Bertz CT molecular complexity index is 492. The summed E-state index contributed by atoms with van der Waals surface area (Å²) in [6.07, 6.45) is 2.80. The Morgan fingerprint density at radius 2 is 2.00 bits per heavy atom. The SMILES string of the molecule is NCCc1cccn1-c1ccc(Cl)cc1Cl. The van der Waals surface area contributed by atoms with E-state index in [9.17, 15) is 0 Å². The van der Waals surface area contributed by atoms with Crippen molar-refractivity contribution in [3.63, 3.8) is 0 Å². The van der Waals surface area contributed by atoms with Crippen molar-refractivity contribution in [1.29, 1.82) is 0 Å². The summed E-state index contributed by atoms with van der Waals surface area (Å²) >= 11 is 12.0. The smallest absolute Gasteiger partial charge is 0.0661 e. The third-order valence-electron chi connectivity index (χ3n) is 2.40. The highest BCUT2D eigenvalue weighted by molar-refractivity contribution is 6.35. The first-order valence-corrected chi connectivity index (χ1v) is 5.79.